The van der Waals surface area contributed by atoms with Gasteiger partial charge in [-0.05, 0) is 0 Å². The van der Waals surface area contributed by atoms with Crippen molar-refractivity contribution in [3.8, 4) is 0 Å². The van der Waals surface area contributed by atoms with E-state index in [1.807, 2.05) is 41.5 Å². The molecule has 0 spiro atoms. The van der Waals surface area contributed by atoms with Gasteiger partial charge in [0.15, 0.2) is 0 Å². The number of carbonyl (C=O) groups excluding carboxylic acids is 2. The van der Waals surface area contributed by atoms with E-state index < -0.39 is 10.8 Å². The Morgan fingerprint density at radius 2 is 1.00 bits per heavy atom. The summed E-state index contributed by atoms with van der Waals surface area (Å²) in [5.41, 5.74) is -0.804. The van der Waals surface area contributed by atoms with Crippen LogP contribution in [0.3, 0.4) is 0 Å². The van der Waals surface area contributed by atoms with E-state index in [1.165, 1.54) is 0 Å². The van der Waals surface area contributed by atoms with Crippen molar-refractivity contribution in [3.05, 3.63) is 0 Å². The number of hydrogen-bond donors (Lipinski definition) is 0. The number of ketones is 2. The third kappa shape index (κ3) is 5.94. The van der Waals surface area contributed by atoms with E-state index in [2.05, 4.69) is 0 Å². The van der Waals surface area contributed by atoms with Gasteiger partial charge in [-0.3, -0.25) is 9.59 Å². The van der Waals surface area contributed by atoms with Crippen molar-refractivity contribution in [1.29, 1.82) is 0 Å². The molecule has 0 saturated heterocycles. The molecule has 0 N–H and O–H groups in total. The zero-order valence-corrected chi connectivity index (χ0v) is 12.5. The second-order valence-electron chi connectivity index (χ2n) is 5.52. The van der Waals surface area contributed by atoms with Crippen LogP contribution in [0.2, 0.25) is 0 Å². The molecule has 3 heteroatoms. The monoisotopic (exact) mass is 207 g/mol. The van der Waals surface area contributed by atoms with Gasteiger partial charge in [-0.1, -0.05) is 41.5 Å². The minimum absolute atomic E-state index is 0. The van der Waals surface area contributed by atoms with Gasteiger partial charge in [0.1, 0.15) is 11.6 Å². The Morgan fingerprint density at radius 1 is 0.786 bits per heavy atom. The van der Waals surface area contributed by atoms with Gasteiger partial charge in [-0.15, -0.1) is 0 Å². The summed E-state index contributed by atoms with van der Waals surface area (Å²) in [4.78, 5) is 23.0. The fourth-order valence-electron chi connectivity index (χ4n) is 0.676. The molecule has 0 aliphatic heterocycles. The van der Waals surface area contributed by atoms with E-state index in [1.54, 1.807) is 0 Å². The van der Waals surface area contributed by atoms with E-state index in [0.29, 0.717) is 0 Å². The molecule has 0 radical (unpaired) electrons. The molecule has 0 heterocycles. The second-order valence-corrected chi connectivity index (χ2v) is 5.52. The van der Waals surface area contributed by atoms with Crippen LogP contribution in [0.25, 0.3) is 0 Å². The Kier molecular flexibility index (Phi) is 6.50. The van der Waals surface area contributed by atoms with E-state index in [-0.39, 0.29) is 47.5 Å². The average molecular weight is 207 g/mol. The van der Waals surface area contributed by atoms with Crippen LogP contribution >= 0.6 is 0 Å². The first-order chi connectivity index (χ1) is 5.55. The standard InChI is InChI=1S/C11H20O2.Na/c1-10(2,3)8(12)7-9(13)11(4,5)6;/h7H2,1-6H3;/q;+1. The largest absolute Gasteiger partial charge is 1.00 e. The SMILES string of the molecule is CC(C)(C)C(=O)CC(=O)C(C)(C)C.[Na+]. The quantitative estimate of drug-likeness (QED) is 0.456. The molecule has 0 aromatic heterocycles. The van der Waals surface area contributed by atoms with Crippen LogP contribution in [0.4, 0.5) is 0 Å². The van der Waals surface area contributed by atoms with E-state index in [9.17, 15) is 9.59 Å². The molecule has 0 aliphatic rings. The third-order valence-corrected chi connectivity index (χ3v) is 1.99. The van der Waals surface area contributed by atoms with Gasteiger partial charge in [-0.2, -0.15) is 0 Å². The van der Waals surface area contributed by atoms with E-state index >= 15 is 0 Å². The van der Waals surface area contributed by atoms with Crippen LogP contribution in [0.5, 0.6) is 0 Å². The minimum atomic E-state index is -0.402. The number of rotatable bonds is 2. The first kappa shape index (κ1) is 16.8. The molecular weight excluding hydrogens is 187 g/mol. The topological polar surface area (TPSA) is 34.1 Å². The second kappa shape index (κ2) is 5.43. The Bertz CT molecular complexity index is 194. The van der Waals surface area contributed by atoms with Crippen molar-refractivity contribution in [2.45, 2.75) is 48.0 Å². The molecule has 0 fully saturated rings. The van der Waals surface area contributed by atoms with Gasteiger partial charge in [0.05, 0.1) is 6.42 Å². The Balaban J connectivity index is 0. The summed E-state index contributed by atoms with van der Waals surface area (Å²) in [5, 5.41) is 0. The average Bonchev–Trinajstić information content (AvgIpc) is 1.82. The Labute approximate surface area is 109 Å². The van der Waals surface area contributed by atoms with Gasteiger partial charge < -0.3 is 0 Å². The fourth-order valence-corrected chi connectivity index (χ4v) is 0.676. The van der Waals surface area contributed by atoms with Gasteiger partial charge in [0, 0.05) is 10.8 Å². The Hall–Kier alpha value is 0.340. The smallest absolute Gasteiger partial charge is 0.299 e. The zero-order valence-electron chi connectivity index (χ0n) is 10.5. The molecule has 0 aromatic rings. The Morgan fingerprint density at radius 3 is 1.14 bits per heavy atom. The molecule has 0 unspecified atom stereocenters. The first-order valence-electron chi connectivity index (χ1n) is 4.62. The van der Waals surface area contributed by atoms with Gasteiger partial charge in [0.2, 0.25) is 0 Å². The summed E-state index contributed by atoms with van der Waals surface area (Å²) >= 11 is 0. The van der Waals surface area contributed by atoms with Crippen LogP contribution in [0.1, 0.15) is 48.0 Å². The zero-order chi connectivity index (χ0) is 10.9. The molecular formula is C11H20NaO2+. The third-order valence-electron chi connectivity index (χ3n) is 1.99. The van der Waals surface area contributed by atoms with Gasteiger partial charge >= 0.3 is 29.6 Å². The maximum Gasteiger partial charge on any atom is 1.00 e. The molecule has 0 saturated carbocycles. The van der Waals surface area contributed by atoms with E-state index in [0.717, 1.165) is 0 Å². The summed E-state index contributed by atoms with van der Waals surface area (Å²) in [6.07, 6.45) is 0.0625. The number of carbonyl (C=O) groups is 2. The summed E-state index contributed by atoms with van der Waals surface area (Å²) in [5.74, 6) is 0.0415. The van der Waals surface area contributed by atoms with Crippen LogP contribution in [0.15, 0.2) is 0 Å². The molecule has 0 rings (SSSR count). The van der Waals surface area contributed by atoms with Crippen molar-refractivity contribution in [2.24, 2.45) is 10.8 Å². The first-order valence-corrected chi connectivity index (χ1v) is 4.62. The summed E-state index contributed by atoms with van der Waals surface area (Å²) in [7, 11) is 0. The molecule has 0 amide bonds. The van der Waals surface area contributed by atoms with E-state index in [4.69, 9.17) is 0 Å². The maximum atomic E-state index is 11.5. The van der Waals surface area contributed by atoms with Crippen molar-refractivity contribution in [3.63, 3.8) is 0 Å². The predicted molar refractivity (Wildman–Crippen MR) is 53.5 cm³/mol. The number of hydrogen-bond acceptors (Lipinski definition) is 2. The summed E-state index contributed by atoms with van der Waals surface area (Å²) < 4.78 is 0. The van der Waals surface area contributed by atoms with Crippen LogP contribution < -0.4 is 29.6 Å². The fraction of sp³-hybridized carbons (Fsp3) is 0.818. The molecule has 0 aromatic carbocycles. The van der Waals surface area contributed by atoms with Crippen molar-refractivity contribution in [2.75, 3.05) is 0 Å². The van der Waals surface area contributed by atoms with Crippen molar-refractivity contribution in [1.82, 2.24) is 0 Å². The van der Waals surface area contributed by atoms with Crippen molar-refractivity contribution < 1.29 is 39.1 Å². The van der Waals surface area contributed by atoms with Crippen LogP contribution in [0, 0.1) is 10.8 Å². The normalized spacial score (nSPS) is 11.9. The number of Topliss-reactive ketones (excluding diaryl/α,β-unsaturated/α-hetero) is 2. The molecule has 76 valence electrons. The molecule has 14 heavy (non-hydrogen) atoms. The van der Waals surface area contributed by atoms with Crippen LogP contribution in [-0.2, 0) is 9.59 Å². The summed E-state index contributed by atoms with van der Waals surface area (Å²) in [6.45, 7) is 11.0. The summed E-state index contributed by atoms with van der Waals surface area (Å²) in [6, 6.07) is 0. The van der Waals surface area contributed by atoms with Crippen molar-refractivity contribution >= 4 is 11.6 Å². The predicted octanol–water partition coefficient (Wildman–Crippen LogP) is -0.389. The molecule has 2 nitrogen and oxygen atoms in total. The minimum Gasteiger partial charge on any atom is -0.299 e. The molecule has 0 atom stereocenters. The van der Waals surface area contributed by atoms with Gasteiger partial charge in [0.25, 0.3) is 0 Å². The van der Waals surface area contributed by atoms with Crippen LogP contribution in [-0.4, -0.2) is 11.6 Å². The maximum absolute atomic E-state index is 11.5. The van der Waals surface area contributed by atoms with Gasteiger partial charge in [-0.25, -0.2) is 0 Å². The molecule has 0 bridgehead atoms. The molecule has 0 aliphatic carbocycles.